The predicted molar refractivity (Wildman–Crippen MR) is 169 cm³/mol. The summed E-state index contributed by atoms with van der Waals surface area (Å²) in [7, 11) is 0. The molecule has 47 heavy (non-hydrogen) atoms. The Morgan fingerprint density at radius 1 is 0.894 bits per heavy atom. The van der Waals surface area contributed by atoms with E-state index in [2.05, 4.69) is 10.2 Å². The van der Waals surface area contributed by atoms with Gasteiger partial charge in [-0.15, -0.1) is 0 Å². The molecule has 14 heteroatoms. The fourth-order valence-corrected chi connectivity index (χ4v) is 7.63. The van der Waals surface area contributed by atoms with E-state index in [-0.39, 0.29) is 43.7 Å². The highest BCUT2D eigenvalue weighted by atomic mass is 16.7. The molecule has 0 aromatic heterocycles. The highest BCUT2D eigenvalue weighted by Gasteiger charge is 2.39. The predicted octanol–water partition coefficient (Wildman–Crippen LogP) is 0.979. The molecule has 4 atom stereocenters. The van der Waals surface area contributed by atoms with Gasteiger partial charge in [0.25, 0.3) is 5.91 Å². The summed E-state index contributed by atoms with van der Waals surface area (Å²) in [6.07, 6.45) is 1.50. The Balaban J connectivity index is 0.860. The van der Waals surface area contributed by atoms with E-state index in [0.29, 0.717) is 51.6 Å². The molecule has 1 aromatic carbocycles. The molecule has 4 saturated heterocycles. The van der Waals surface area contributed by atoms with E-state index in [9.17, 15) is 29.7 Å². The van der Waals surface area contributed by atoms with Crippen molar-refractivity contribution in [2.24, 2.45) is 0 Å². The van der Waals surface area contributed by atoms with Crippen molar-refractivity contribution in [2.75, 3.05) is 64.3 Å². The Kier molecular flexibility index (Phi) is 11.2. The molecule has 5 aliphatic rings. The number of nitrogens with one attached hydrogen (secondary N) is 1. The Labute approximate surface area is 275 Å². The molecule has 0 radical (unpaired) electrons. The number of urea groups is 1. The third-order valence-electron chi connectivity index (χ3n) is 10.5. The SMILES string of the molecule is O=C(COC(=O)N1CCC(N2CCc3ccccc3NC2=O)CC1)N1CCC(N2CCC(OC3CC(O)C(O)C(CO)O3)CC2)CC1. The van der Waals surface area contributed by atoms with E-state index in [1.165, 1.54) is 0 Å². The van der Waals surface area contributed by atoms with E-state index in [1.54, 1.807) is 9.80 Å². The topological polar surface area (TPSA) is 165 Å². The summed E-state index contributed by atoms with van der Waals surface area (Å²) in [6.45, 7) is 3.88. The maximum absolute atomic E-state index is 12.9. The number of hydrogen-bond donors (Lipinski definition) is 4. The van der Waals surface area contributed by atoms with Gasteiger partial charge >= 0.3 is 12.1 Å². The van der Waals surface area contributed by atoms with Crippen molar-refractivity contribution in [3.8, 4) is 0 Å². The van der Waals surface area contributed by atoms with E-state index in [1.807, 2.05) is 29.2 Å². The number of rotatable bonds is 7. The van der Waals surface area contributed by atoms with Crippen molar-refractivity contribution < 1.29 is 43.9 Å². The number of amides is 4. The molecule has 1 aromatic rings. The van der Waals surface area contributed by atoms with Crippen LogP contribution in [0.3, 0.4) is 0 Å². The van der Waals surface area contributed by atoms with Gasteiger partial charge in [0.1, 0.15) is 12.2 Å². The largest absolute Gasteiger partial charge is 0.439 e. The first-order valence-electron chi connectivity index (χ1n) is 17.2. The number of nitrogens with zero attached hydrogens (tertiary/aromatic N) is 4. The first-order valence-corrected chi connectivity index (χ1v) is 17.2. The second kappa shape index (κ2) is 15.5. The summed E-state index contributed by atoms with van der Waals surface area (Å²) in [5.41, 5.74) is 1.98. The van der Waals surface area contributed by atoms with Crippen LogP contribution in [0.25, 0.3) is 0 Å². The quantitative estimate of drug-likeness (QED) is 0.332. The number of benzene rings is 1. The number of aliphatic hydroxyl groups excluding tert-OH is 3. The molecule has 4 N–H and O–H groups in total. The first kappa shape index (κ1) is 33.9. The van der Waals surface area contributed by atoms with E-state index >= 15 is 0 Å². The van der Waals surface area contributed by atoms with Gasteiger partial charge in [0.2, 0.25) is 0 Å². The molecule has 260 valence electrons. The van der Waals surface area contributed by atoms with Crippen LogP contribution < -0.4 is 5.32 Å². The molecular weight excluding hydrogens is 610 g/mol. The maximum Gasteiger partial charge on any atom is 0.410 e. The summed E-state index contributed by atoms with van der Waals surface area (Å²) < 4.78 is 17.1. The van der Waals surface area contributed by atoms with Crippen molar-refractivity contribution in [1.82, 2.24) is 19.6 Å². The van der Waals surface area contributed by atoms with Crippen LogP contribution in [0.2, 0.25) is 0 Å². The lowest BCUT2D eigenvalue weighted by atomic mass is 9.98. The van der Waals surface area contributed by atoms with Crippen molar-refractivity contribution in [3.05, 3.63) is 29.8 Å². The fourth-order valence-electron chi connectivity index (χ4n) is 7.63. The van der Waals surface area contributed by atoms with Gasteiger partial charge in [0.05, 0.1) is 18.8 Å². The number of para-hydroxylation sites is 1. The van der Waals surface area contributed by atoms with E-state index in [0.717, 1.165) is 56.4 Å². The minimum atomic E-state index is -1.12. The molecule has 0 aliphatic carbocycles. The normalized spacial score (nSPS) is 28.8. The summed E-state index contributed by atoms with van der Waals surface area (Å²) >= 11 is 0. The summed E-state index contributed by atoms with van der Waals surface area (Å²) in [6, 6.07) is 8.16. The van der Waals surface area contributed by atoms with Crippen LogP contribution in [0.4, 0.5) is 15.3 Å². The van der Waals surface area contributed by atoms with Crippen LogP contribution in [0.5, 0.6) is 0 Å². The molecule has 6 rings (SSSR count). The molecule has 14 nitrogen and oxygen atoms in total. The smallest absolute Gasteiger partial charge is 0.410 e. The number of anilines is 1. The lowest BCUT2D eigenvalue weighted by molar-refractivity contribution is -0.272. The van der Waals surface area contributed by atoms with E-state index in [4.69, 9.17) is 14.2 Å². The zero-order valence-electron chi connectivity index (χ0n) is 27.0. The van der Waals surface area contributed by atoms with Crippen molar-refractivity contribution in [1.29, 1.82) is 0 Å². The third kappa shape index (κ3) is 8.18. The van der Waals surface area contributed by atoms with Gasteiger partial charge in [-0.1, -0.05) is 18.2 Å². The summed E-state index contributed by atoms with van der Waals surface area (Å²) in [4.78, 5) is 46.3. The zero-order valence-corrected chi connectivity index (χ0v) is 27.0. The third-order valence-corrected chi connectivity index (χ3v) is 10.5. The molecule has 0 bridgehead atoms. The minimum absolute atomic E-state index is 0.0214. The number of piperidine rings is 3. The Morgan fingerprint density at radius 3 is 2.30 bits per heavy atom. The van der Waals surface area contributed by atoms with Gasteiger partial charge in [-0.2, -0.15) is 0 Å². The fraction of sp³-hybridized carbons (Fsp3) is 0.727. The van der Waals surface area contributed by atoms with Crippen LogP contribution >= 0.6 is 0 Å². The summed E-state index contributed by atoms with van der Waals surface area (Å²) in [5.74, 6) is -0.180. The average molecular weight is 660 g/mol. The van der Waals surface area contributed by atoms with Gasteiger partial charge in [-0.3, -0.25) is 4.79 Å². The number of hydrogen-bond acceptors (Lipinski definition) is 10. The number of aliphatic hydroxyl groups is 3. The number of likely N-dealkylation sites (tertiary alicyclic amines) is 3. The number of ether oxygens (including phenoxy) is 3. The van der Waals surface area contributed by atoms with Crippen LogP contribution in [-0.2, 0) is 25.4 Å². The number of carbonyl (C=O) groups excluding carboxylic acids is 3. The van der Waals surface area contributed by atoms with Crippen molar-refractivity contribution in [2.45, 2.75) is 94.2 Å². The average Bonchev–Trinajstić information content (AvgIpc) is 3.27. The zero-order chi connectivity index (χ0) is 32.9. The molecule has 0 saturated carbocycles. The summed E-state index contributed by atoms with van der Waals surface area (Å²) in [5, 5.41) is 32.4. The van der Waals surface area contributed by atoms with Gasteiger partial charge in [0, 0.05) is 70.0 Å². The Hall–Kier alpha value is -3.01. The highest BCUT2D eigenvalue weighted by molar-refractivity contribution is 5.91. The number of carbonyl (C=O) groups is 3. The maximum atomic E-state index is 12.9. The molecule has 4 fully saturated rings. The van der Waals surface area contributed by atoms with Gasteiger partial charge < -0.3 is 54.4 Å². The standard InChI is InChI=1S/C33H49N5O9/c39-20-28-31(42)27(40)19-30(47-28)46-25-10-16-35(17-11-25)23-6-12-36(13-7-23)29(41)21-45-33(44)37-14-8-24(9-15-37)38-18-5-22-3-1-2-4-26(22)34-32(38)43/h1-4,23-25,27-28,30-31,39-40,42H,5-21H2,(H,34,43). The van der Waals surface area contributed by atoms with Gasteiger partial charge in [-0.05, 0) is 56.6 Å². The van der Waals surface area contributed by atoms with Crippen molar-refractivity contribution in [3.63, 3.8) is 0 Å². The molecule has 5 aliphatic heterocycles. The second-order valence-electron chi connectivity index (χ2n) is 13.4. The van der Waals surface area contributed by atoms with E-state index < -0.39 is 30.7 Å². The van der Waals surface area contributed by atoms with Crippen LogP contribution in [0, 0.1) is 0 Å². The number of fused-ring (bicyclic) bond motifs is 1. The molecule has 0 spiro atoms. The lowest BCUT2D eigenvalue weighted by Gasteiger charge is -2.43. The Bertz CT molecular complexity index is 1230. The van der Waals surface area contributed by atoms with Gasteiger partial charge in [-0.25, -0.2) is 9.59 Å². The monoisotopic (exact) mass is 659 g/mol. The van der Waals surface area contributed by atoms with Crippen LogP contribution in [0.1, 0.15) is 50.5 Å². The molecule has 4 unspecified atom stereocenters. The first-order chi connectivity index (χ1) is 22.8. The van der Waals surface area contributed by atoms with Gasteiger partial charge in [0.15, 0.2) is 12.9 Å². The van der Waals surface area contributed by atoms with Crippen LogP contribution in [-0.4, -0.2) is 155 Å². The van der Waals surface area contributed by atoms with Crippen LogP contribution in [0.15, 0.2) is 24.3 Å². The second-order valence-corrected chi connectivity index (χ2v) is 13.4. The minimum Gasteiger partial charge on any atom is -0.439 e. The molecular formula is C33H49N5O9. The highest BCUT2D eigenvalue weighted by Crippen LogP contribution is 2.28. The molecule has 4 amide bonds. The lowest BCUT2D eigenvalue weighted by Crippen LogP contribution is -2.53. The van der Waals surface area contributed by atoms with Crippen molar-refractivity contribution >= 4 is 23.7 Å². The Morgan fingerprint density at radius 2 is 1.57 bits per heavy atom. The molecule has 5 heterocycles.